The summed E-state index contributed by atoms with van der Waals surface area (Å²) in [5.74, 6) is -0.802. The predicted octanol–water partition coefficient (Wildman–Crippen LogP) is 0.260. The highest BCUT2D eigenvalue weighted by Crippen LogP contribution is 2.18. The minimum atomic E-state index is -1.08. The Balaban J connectivity index is 2.64. The molecule has 2 amide bonds. The number of rotatable bonds is 3. The molecule has 0 aromatic rings. The highest BCUT2D eigenvalue weighted by Gasteiger charge is 2.39. The van der Waals surface area contributed by atoms with Gasteiger partial charge in [-0.05, 0) is 12.8 Å². The van der Waals surface area contributed by atoms with Crippen LogP contribution in [0, 0.1) is 5.92 Å². The molecule has 1 heterocycles. The largest absolute Gasteiger partial charge is 0.480 e. The summed E-state index contributed by atoms with van der Waals surface area (Å²) in [5, 5.41) is 21.1. The number of aliphatic carboxylic acids is 1. The minimum absolute atomic E-state index is 0.0327. The van der Waals surface area contributed by atoms with Crippen LogP contribution in [0.15, 0.2) is 0 Å². The van der Waals surface area contributed by atoms with Crippen molar-refractivity contribution in [2.75, 3.05) is 6.54 Å². The van der Waals surface area contributed by atoms with Crippen LogP contribution in [0.5, 0.6) is 0 Å². The molecule has 0 radical (unpaired) electrons. The number of likely N-dealkylation sites (tertiary alicyclic amines) is 1. The van der Waals surface area contributed by atoms with E-state index in [2.05, 4.69) is 5.32 Å². The maximum Gasteiger partial charge on any atom is 0.326 e. The van der Waals surface area contributed by atoms with E-state index in [1.165, 1.54) is 4.90 Å². The Morgan fingerprint density at radius 3 is 2.41 bits per heavy atom. The number of carboxylic acid groups (broad SMARTS) is 1. The van der Waals surface area contributed by atoms with Crippen molar-refractivity contribution in [3.05, 3.63) is 0 Å². The van der Waals surface area contributed by atoms with E-state index in [1.807, 2.05) is 20.8 Å². The summed E-state index contributed by atoms with van der Waals surface area (Å²) in [4.78, 5) is 24.0. The molecule has 0 aromatic heterocycles. The molecule has 0 bridgehead atoms. The Kier molecular flexibility index (Phi) is 4.34. The number of aliphatic hydroxyl groups excluding tert-OH is 1. The summed E-state index contributed by atoms with van der Waals surface area (Å²) in [6.45, 7) is 5.88. The zero-order valence-electron chi connectivity index (χ0n) is 10.4. The van der Waals surface area contributed by atoms with E-state index in [-0.39, 0.29) is 24.9 Å². The fraction of sp³-hybridized carbons (Fsp3) is 0.818. The van der Waals surface area contributed by atoms with Gasteiger partial charge >= 0.3 is 12.0 Å². The van der Waals surface area contributed by atoms with Gasteiger partial charge in [-0.1, -0.05) is 13.8 Å². The van der Waals surface area contributed by atoms with Crippen LogP contribution in [0.25, 0.3) is 0 Å². The molecule has 17 heavy (non-hydrogen) atoms. The summed E-state index contributed by atoms with van der Waals surface area (Å²) in [7, 11) is 0. The molecular formula is C11H20N2O4. The Morgan fingerprint density at radius 1 is 1.35 bits per heavy atom. The van der Waals surface area contributed by atoms with Crippen LogP contribution in [0.2, 0.25) is 0 Å². The van der Waals surface area contributed by atoms with Gasteiger partial charge in [-0.2, -0.15) is 0 Å². The number of carbonyl (C=O) groups is 2. The molecule has 1 aliphatic heterocycles. The smallest absolute Gasteiger partial charge is 0.326 e. The summed E-state index contributed by atoms with van der Waals surface area (Å²) >= 11 is 0. The second-order valence-electron chi connectivity index (χ2n) is 4.88. The van der Waals surface area contributed by atoms with Crippen LogP contribution in [-0.4, -0.2) is 51.8 Å². The number of carbonyl (C=O) groups excluding carboxylic acids is 1. The fourth-order valence-electron chi connectivity index (χ4n) is 1.72. The molecule has 3 N–H and O–H groups in total. The molecule has 98 valence electrons. The zero-order valence-corrected chi connectivity index (χ0v) is 10.4. The van der Waals surface area contributed by atoms with E-state index in [0.717, 1.165) is 0 Å². The first-order valence-corrected chi connectivity index (χ1v) is 5.81. The van der Waals surface area contributed by atoms with Crippen molar-refractivity contribution in [1.29, 1.82) is 0 Å². The molecule has 6 heteroatoms. The lowest BCUT2D eigenvalue weighted by Crippen LogP contribution is -2.49. The monoisotopic (exact) mass is 244 g/mol. The molecule has 0 spiro atoms. The van der Waals surface area contributed by atoms with E-state index in [1.54, 1.807) is 0 Å². The summed E-state index contributed by atoms with van der Waals surface area (Å²) in [6.07, 6.45) is -0.657. The predicted molar refractivity (Wildman–Crippen MR) is 61.6 cm³/mol. The van der Waals surface area contributed by atoms with Gasteiger partial charge in [0.05, 0.1) is 6.10 Å². The molecule has 3 atom stereocenters. The average Bonchev–Trinajstić information content (AvgIpc) is 2.60. The highest BCUT2D eigenvalue weighted by atomic mass is 16.4. The third kappa shape index (κ3) is 3.33. The second-order valence-corrected chi connectivity index (χ2v) is 4.88. The molecule has 1 aliphatic rings. The first-order valence-electron chi connectivity index (χ1n) is 5.81. The lowest BCUT2D eigenvalue weighted by Gasteiger charge is -2.25. The lowest BCUT2D eigenvalue weighted by atomic mass is 10.1. The number of β-amino-alcohol motifs (C(OH)–C–C–N with tert-alkyl or cyclic N) is 1. The summed E-state index contributed by atoms with van der Waals surface area (Å²) in [5.41, 5.74) is 0. The first kappa shape index (κ1) is 13.8. The zero-order chi connectivity index (χ0) is 13.2. The van der Waals surface area contributed by atoms with E-state index in [9.17, 15) is 14.7 Å². The lowest BCUT2D eigenvalue weighted by molar-refractivity contribution is -0.141. The highest BCUT2D eigenvalue weighted by molar-refractivity contribution is 5.83. The quantitative estimate of drug-likeness (QED) is 0.664. The van der Waals surface area contributed by atoms with Crippen molar-refractivity contribution in [3.8, 4) is 0 Å². The van der Waals surface area contributed by atoms with Gasteiger partial charge in [0.25, 0.3) is 0 Å². The van der Waals surface area contributed by atoms with Crippen LogP contribution in [-0.2, 0) is 4.79 Å². The van der Waals surface area contributed by atoms with E-state index < -0.39 is 24.1 Å². The maximum absolute atomic E-state index is 11.9. The van der Waals surface area contributed by atoms with Gasteiger partial charge in [0.15, 0.2) is 0 Å². The van der Waals surface area contributed by atoms with Crippen LogP contribution in [0.4, 0.5) is 4.79 Å². The number of urea groups is 1. The van der Waals surface area contributed by atoms with Crippen molar-refractivity contribution in [2.24, 2.45) is 5.92 Å². The molecule has 1 fully saturated rings. The van der Waals surface area contributed by atoms with Crippen molar-refractivity contribution < 1.29 is 19.8 Å². The number of nitrogens with zero attached hydrogens (tertiary/aromatic N) is 1. The van der Waals surface area contributed by atoms with E-state index in [0.29, 0.717) is 0 Å². The van der Waals surface area contributed by atoms with Crippen LogP contribution in [0.1, 0.15) is 27.2 Å². The Morgan fingerprint density at radius 2 is 1.94 bits per heavy atom. The van der Waals surface area contributed by atoms with Gasteiger partial charge in [-0.25, -0.2) is 9.59 Å². The molecule has 3 unspecified atom stereocenters. The SMILES string of the molecule is CC(C)C(C)NC(=O)N1CC(O)CC1C(=O)O. The summed E-state index contributed by atoms with van der Waals surface area (Å²) in [6, 6.07) is -1.38. The van der Waals surface area contributed by atoms with Crippen molar-refractivity contribution in [3.63, 3.8) is 0 Å². The van der Waals surface area contributed by atoms with Crippen LogP contribution < -0.4 is 5.32 Å². The van der Waals surface area contributed by atoms with Gasteiger partial charge in [0, 0.05) is 19.0 Å². The number of hydrogen-bond donors (Lipinski definition) is 3. The third-order valence-electron chi connectivity index (χ3n) is 3.18. The molecule has 6 nitrogen and oxygen atoms in total. The standard InChI is InChI=1S/C11H20N2O4/c1-6(2)7(3)12-11(17)13-5-8(14)4-9(13)10(15)16/h6-9,14H,4-5H2,1-3H3,(H,12,17)(H,15,16). The Hall–Kier alpha value is -1.30. The number of hydrogen-bond acceptors (Lipinski definition) is 3. The third-order valence-corrected chi connectivity index (χ3v) is 3.18. The van der Waals surface area contributed by atoms with E-state index >= 15 is 0 Å². The molecule has 1 rings (SSSR count). The molecular weight excluding hydrogens is 224 g/mol. The van der Waals surface area contributed by atoms with Gasteiger partial charge in [0.1, 0.15) is 6.04 Å². The number of carboxylic acids is 1. The maximum atomic E-state index is 11.9. The van der Waals surface area contributed by atoms with Crippen LogP contribution in [0.3, 0.4) is 0 Å². The Labute approximate surface area is 101 Å². The molecule has 0 saturated carbocycles. The van der Waals surface area contributed by atoms with Crippen molar-refractivity contribution in [2.45, 2.75) is 45.4 Å². The molecule has 0 aromatic carbocycles. The minimum Gasteiger partial charge on any atom is -0.480 e. The molecule has 0 aliphatic carbocycles. The fourth-order valence-corrected chi connectivity index (χ4v) is 1.72. The van der Waals surface area contributed by atoms with Gasteiger partial charge in [-0.15, -0.1) is 0 Å². The van der Waals surface area contributed by atoms with Gasteiger partial charge in [0.2, 0.25) is 0 Å². The summed E-state index contributed by atoms with van der Waals surface area (Å²) < 4.78 is 0. The van der Waals surface area contributed by atoms with Gasteiger partial charge < -0.3 is 20.4 Å². The molecule has 1 saturated heterocycles. The number of amides is 2. The number of aliphatic hydroxyl groups is 1. The van der Waals surface area contributed by atoms with Gasteiger partial charge in [-0.3, -0.25) is 0 Å². The van der Waals surface area contributed by atoms with Crippen LogP contribution >= 0.6 is 0 Å². The Bertz CT molecular complexity index is 306. The normalized spacial score (nSPS) is 26.1. The van der Waals surface area contributed by atoms with Crippen molar-refractivity contribution >= 4 is 12.0 Å². The second kappa shape index (κ2) is 5.35. The number of nitrogens with one attached hydrogen (secondary N) is 1. The first-order chi connectivity index (χ1) is 7.82. The van der Waals surface area contributed by atoms with E-state index in [4.69, 9.17) is 5.11 Å². The topological polar surface area (TPSA) is 89.9 Å². The van der Waals surface area contributed by atoms with Crippen molar-refractivity contribution in [1.82, 2.24) is 10.2 Å². The average molecular weight is 244 g/mol.